The van der Waals surface area contributed by atoms with Crippen molar-refractivity contribution in [1.29, 1.82) is 0 Å². The van der Waals surface area contributed by atoms with Crippen molar-refractivity contribution in [2.45, 2.75) is 44.6 Å². The summed E-state index contributed by atoms with van der Waals surface area (Å²) in [4.78, 5) is 17.6. The Balaban J connectivity index is 1.72. The molecular weight excluding hydrogens is 317 g/mol. The number of hydrogen-bond donors (Lipinski definition) is 1. The molecule has 1 aromatic rings. The van der Waals surface area contributed by atoms with Gasteiger partial charge >= 0.3 is 0 Å². The van der Waals surface area contributed by atoms with Crippen LogP contribution in [-0.4, -0.2) is 61.0 Å². The Bertz CT molecular complexity index is 605. The Morgan fingerprint density at radius 3 is 2.52 bits per heavy atom. The van der Waals surface area contributed by atoms with Crippen molar-refractivity contribution in [1.82, 2.24) is 15.1 Å². The molecule has 1 aromatic carbocycles. The molecular formula is C20H30FN3O. The number of piperidine rings is 2. The van der Waals surface area contributed by atoms with Gasteiger partial charge in [0.15, 0.2) is 0 Å². The lowest BCUT2D eigenvalue weighted by molar-refractivity contribution is 0.0145. The molecule has 0 unspecified atom stereocenters. The number of hydrogen-bond acceptors (Lipinski definition) is 3. The van der Waals surface area contributed by atoms with E-state index >= 15 is 0 Å². The van der Waals surface area contributed by atoms with Crippen molar-refractivity contribution in [3.63, 3.8) is 0 Å². The van der Waals surface area contributed by atoms with E-state index in [1.165, 1.54) is 31.4 Å². The minimum Gasteiger partial charge on any atom is -0.350 e. The van der Waals surface area contributed by atoms with Gasteiger partial charge in [0.05, 0.1) is 0 Å². The summed E-state index contributed by atoms with van der Waals surface area (Å²) in [5.74, 6) is -0.520. The Kier molecular flexibility index (Phi) is 5.74. The Morgan fingerprint density at radius 1 is 1.16 bits per heavy atom. The zero-order chi connectivity index (χ0) is 17.9. The van der Waals surface area contributed by atoms with E-state index in [2.05, 4.69) is 22.2 Å². The first-order valence-electron chi connectivity index (χ1n) is 9.48. The molecule has 2 saturated heterocycles. The van der Waals surface area contributed by atoms with Crippen molar-refractivity contribution >= 4 is 5.91 Å². The number of nitrogens with zero attached hydrogens (tertiary/aromatic N) is 2. The van der Waals surface area contributed by atoms with Crippen LogP contribution < -0.4 is 5.32 Å². The highest BCUT2D eigenvalue weighted by atomic mass is 19.1. The molecule has 2 heterocycles. The van der Waals surface area contributed by atoms with Gasteiger partial charge in [0.25, 0.3) is 5.91 Å². The molecule has 4 nitrogen and oxygen atoms in total. The Hall–Kier alpha value is -1.46. The van der Waals surface area contributed by atoms with E-state index in [1.807, 2.05) is 6.92 Å². The molecule has 2 aliphatic rings. The number of rotatable bonds is 4. The summed E-state index contributed by atoms with van der Waals surface area (Å²) >= 11 is 0. The van der Waals surface area contributed by atoms with E-state index in [1.54, 1.807) is 6.07 Å². The molecule has 1 amide bonds. The number of carbonyl (C=O) groups is 1. The highest BCUT2D eigenvalue weighted by Crippen LogP contribution is 2.31. The number of carbonyl (C=O) groups excluding carboxylic acids is 1. The van der Waals surface area contributed by atoms with Crippen LogP contribution in [-0.2, 0) is 0 Å². The van der Waals surface area contributed by atoms with E-state index in [9.17, 15) is 9.18 Å². The predicted octanol–water partition coefficient (Wildman–Crippen LogP) is 2.81. The molecule has 0 radical (unpaired) electrons. The number of nitrogens with one attached hydrogen (secondary N) is 1. The van der Waals surface area contributed by atoms with Crippen LogP contribution in [0.25, 0.3) is 0 Å². The maximum Gasteiger partial charge on any atom is 0.251 e. The van der Waals surface area contributed by atoms with Gasteiger partial charge < -0.3 is 10.2 Å². The van der Waals surface area contributed by atoms with E-state index in [0.29, 0.717) is 12.1 Å². The average Bonchev–Trinajstić information content (AvgIpc) is 2.64. The highest BCUT2D eigenvalue weighted by Gasteiger charge is 2.39. The smallest absolute Gasteiger partial charge is 0.251 e. The van der Waals surface area contributed by atoms with Gasteiger partial charge in [-0.15, -0.1) is 0 Å². The first kappa shape index (κ1) is 18.3. The van der Waals surface area contributed by atoms with Crippen LogP contribution in [0, 0.1) is 12.7 Å². The lowest BCUT2D eigenvalue weighted by Gasteiger charge is -2.50. The third-order valence-electron chi connectivity index (χ3n) is 5.97. The number of halogens is 1. The summed E-state index contributed by atoms with van der Waals surface area (Å²) in [6, 6.07) is 4.41. The maximum atomic E-state index is 13.5. The monoisotopic (exact) mass is 347 g/mol. The quantitative estimate of drug-likeness (QED) is 0.910. The predicted molar refractivity (Wildman–Crippen MR) is 98.4 cm³/mol. The molecule has 0 atom stereocenters. The van der Waals surface area contributed by atoms with Crippen molar-refractivity contribution in [3.05, 3.63) is 35.1 Å². The zero-order valence-electron chi connectivity index (χ0n) is 15.5. The first-order valence-corrected chi connectivity index (χ1v) is 9.48. The SMILES string of the molecule is Cc1ccc(F)cc1C(=O)NCC1(N2CCCCC2)CCN(C)CC1. The summed E-state index contributed by atoms with van der Waals surface area (Å²) < 4.78 is 13.5. The van der Waals surface area contributed by atoms with Crippen molar-refractivity contribution in [2.24, 2.45) is 0 Å². The first-order chi connectivity index (χ1) is 12.0. The van der Waals surface area contributed by atoms with Crippen LogP contribution in [0.1, 0.15) is 48.0 Å². The fraction of sp³-hybridized carbons (Fsp3) is 0.650. The molecule has 2 fully saturated rings. The Morgan fingerprint density at radius 2 is 1.84 bits per heavy atom. The van der Waals surface area contributed by atoms with Gasteiger partial charge in [-0.1, -0.05) is 12.5 Å². The summed E-state index contributed by atoms with van der Waals surface area (Å²) in [7, 11) is 2.16. The minimum absolute atomic E-state index is 0.0455. The third-order valence-corrected chi connectivity index (χ3v) is 5.97. The summed E-state index contributed by atoms with van der Waals surface area (Å²) in [6.07, 6.45) is 5.95. The van der Waals surface area contributed by atoms with Crippen LogP contribution in [0.2, 0.25) is 0 Å². The van der Waals surface area contributed by atoms with Gasteiger partial charge in [0, 0.05) is 17.6 Å². The molecule has 0 bridgehead atoms. The molecule has 138 valence electrons. The van der Waals surface area contributed by atoms with Crippen LogP contribution in [0.4, 0.5) is 4.39 Å². The molecule has 1 N–H and O–H groups in total. The molecule has 3 rings (SSSR count). The van der Waals surface area contributed by atoms with E-state index < -0.39 is 0 Å². The van der Waals surface area contributed by atoms with Crippen molar-refractivity contribution in [2.75, 3.05) is 39.8 Å². The second-order valence-corrected chi connectivity index (χ2v) is 7.72. The van der Waals surface area contributed by atoms with Crippen molar-refractivity contribution < 1.29 is 9.18 Å². The topological polar surface area (TPSA) is 35.6 Å². The van der Waals surface area contributed by atoms with Crippen LogP contribution in [0.3, 0.4) is 0 Å². The molecule has 0 aromatic heterocycles. The van der Waals surface area contributed by atoms with E-state index in [0.717, 1.165) is 44.6 Å². The van der Waals surface area contributed by atoms with Gasteiger partial charge in [-0.05, 0) is 83.5 Å². The fourth-order valence-corrected chi connectivity index (χ4v) is 4.19. The van der Waals surface area contributed by atoms with E-state index in [-0.39, 0.29) is 17.3 Å². The third kappa shape index (κ3) is 4.21. The van der Waals surface area contributed by atoms with Crippen LogP contribution in [0.15, 0.2) is 18.2 Å². The molecule has 2 aliphatic heterocycles. The maximum absolute atomic E-state index is 13.5. The van der Waals surface area contributed by atoms with Crippen LogP contribution in [0.5, 0.6) is 0 Å². The lowest BCUT2D eigenvalue weighted by atomic mass is 9.84. The normalized spacial score (nSPS) is 21.9. The average molecular weight is 347 g/mol. The van der Waals surface area contributed by atoms with Gasteiger partial charge in [-0.3, -0.25) is 9.69 Å². The second-order valence-electron chi connectivity index (χ2n) is 7.72. The number of benzene rings is 1. The number of aryl methyl sites for hydroxylation is 1. The molecule has 0 spiro atoms. The van der Waals surface area contributed by atoms with Crippen molar-refractivity contribution in [3.8, 4) is 0 Å². The summed E-state index contributed by atoms with van der Waals surface area (Å²) in [6.45, 7) is 6.87. The van der Waals surface area contributed by atoms with Gasteiger partial charge in [0.2, 0.25) is 0 Å². The molecule has 0 saturated carbocycles. The number of amides is 1. The van der Waals surface area contributed by atoms with Gasteiger partial charge in [-0.2, -0.15) is 0 Å². The lowest BCUT2D eigenvalue weighted by Crippen LogP contribution is -2.61. The summed E-state index contributed by atoms with van der Waals surface area (Å²) in [5.41, 5.74) is 1.31. The second kappa shape index (κ2) is 7.83. The standard InChI is InChI=1S/C20H30FN3O/c1-16-6-7-17(21)14-18(16)19(25)22-15-20(8-12-23(2)13-9-20)24-10-4-3-5-11-24/h6-7,14H,3-5,8-13,15H2,1-2H3,(H,22,25). The fourth-order valence-electron chi connectivity index (χ4n) is 4.19. The van der Waals surface area contributed by atoms with Gasteiger partial charge in [0.1, 0.15) is 5.82 Å². The minimum atomic E-state index is -0.360. The molecule has 0 aliphatic carbocycles. The van der Waals surface area contributed by atoms with Crippen LogP contribution >= 0.6 is 0 Å². The molecule has 25 heavy (non-hydrogen) atoms. The largest absolute Gasteiger partial charge is 0.350 e. The molecule has 5 heteroatoms. The Labute approximate surface area is 150 Å². The van der Waals surface area contributed by atoms with Gasteiger partial charge in [-0.25, -0.2) is 4.39 Å². The summed E-state index contributed by atoms with van der Waals surface area (Å²) in [5, 5.41) is 3.12. The highest BCUT2D eigenvalue weighted by molar-refractivity contribution is 5.95. The number of likely N-dealkylation sites (tertiary alicyclic amines) is 2. The zero-order valence-corrected chi connectivity index (χ0v) is 15.5. The van der Waals surface area contributed by atoms with E-state index in [4.69, 9.17) is 0 Å².